The molecule has 110 valence electrons. The molecule has 0 aliphatic carbocycles. The molecule has 0 atom stereocenters. The highest BCUT2D eigenvalue weighted by molar-refractivity contribution is 6.30. The standard InChI is InChI=1S/C12H16ClN3O4/c1-4-20-11(17)7-15(8(2)3)12-10(16(18)19)5-9(13)6-14-12/h5-6,8H,4,7H2,1-3H3. The summed E-state index contributed by atoms with van der Waals surface area (Å²) in [5.41, 5.74) is -0.240. The van der Waals surface area contributed by atoms with Crippen LogP contribution in [0.4, 0.5) is 11.5 Å². The minimum atomic E-state index is -0.575. The van der Waals surface area contributed by atoms with Gasteiger partial charge in [-0.1, -0.05) is 11.6 Å². The lowest BCUT2D eigenvalue weighted by Crippen LogP contribution is -2.37. The first-order valence-electron chi connectivity index (χ1n) is 6.09. The van der Waals surface area contributed by atoms with E-state index in [1.165, 1.54) is 17.2 Å². The van der Waals surface area contributed by atoms with Crippen LogP contribution in [0.2, 0.25) is 5.02 Å². The van der Waals surface area contributed by atoms with Gasteiger partial charge < -0.3 is 9.64 Å². The Morgan fingerprint density at radius 3 is 2.75 bits per heavy atom. The average molecular weight is 302 g/mol. The van der Waals surface area contributed by atoms with Crippen LogP contribution in [0.25, 0.3) is 0 Å². The molecule has 0 saturated carbocycles. The lowest BCUT2D eigenvalue weighted by molar-refractivity contribution is -0.384. The number of nitrogens with zero attached hydrogens (tertiary/aromatic N) is 3. The largest absolute Gasteiger partial charge is 0.465 e. The molecular formula is C12H16ClN3O4. The van der Waals surface area contributed by atoms with Crippen LogP contribution >= 0.6 is 11.6 Å². The summed E-state index contributed by atoms with van der Waals surface area (Å²) in [6.45, 7) is 5.45. The number of nitro groups is 1. The molecule has 0 N–H and O–H groups in total. The summed E-state index contributed by atoms with van der Waals surface area (Å²) in [5, 5.41) is 11.2. The lowest BCUT2D eigenvalue weighted by Gasteiger charge is -2.26. The van der Waals surface area contributed by atoms with Crippen molar-refractivity contribution in [1.82, 2.24) is 4.98 Å². The van der Waals surface area contributed by atoms with Gasteiger partial charge in [0.2, 0.25) is 5.82 Å². The predicted octanol–water partition coefficient (Wildman–Crippen LogP) is 2.42. The molecule has 0 unspecified atom stereocenters. The number of halogens is 1. The minimum absolute atomic E-state index is 0.0995. The number of pyridine rings is 1. The smallest absolute Gasteiger partial charge is 0.325 e. The zero-order chi connectivity index (χ0) is 15.3. The van der Waals surface area contributed by atoms with E-state index in [0.717, 1.165) is 0 Å². The average Bonchev–Trinajstić information content (AvgIpc) is 2.36. The zero-order valence-corrected chi connectivity index (χ0v) is 12.3. The van der Waals surface area contributed by atoms with Crippen LogP contribution in [0, 0.1) is 10.1 Å². The Labute approximate surface area is 121 Å². The maximum atomic E-state index is 11.6. The quantitative estimate of drug-likeness (QED) is 0.455. The van der Waals surface area contributed by atoms with Gasteiger partial charge in [-0.2, -0.15) is 0 Å². The van der Waals surface area contributed by atoms with Gasteiger partial charge in [0.15, 0.2) is 0 Å². The number of ether oxygens (including phenoxy) is 1. The maximum absolute atomic E-state index is 11.6. The number of carbonyl (C=O) groups excluding carboxylic acids is 1. The van der Waals surface area contributed by atoms with Crippen molar-refractivity contribution < 1.29 is 14.5 Å². The van der Waals surface area contributed by atoms with Gasteiger partial charge in [0.25, 0.3) is 0 Å². The van der Waals surface area contributed by atoms with Crippen LogP contribution in [-0.4, -0.2) is 35.1 Å². The van der Waals surface area contributed by atoms with Gasteiger partial charge >= 0.3 is 11.7 Å². The summed E-state index contributed by atoms with van der Waals surface area (Å²) in [7, 11) is 0. The molecule has 0 saturated heterocycles. The van der Waals surface area contributed by atoms with Gasteiger partial charge in [0, 0.05) is 18.3 Å². The first-order valence-corrected chi connectivity index (χ1v) is 6.46. The predicted molar refractivity (Wildman–Crippen MR) is 75.0 cm³/mol. The zero-order valence-electron chi connectivity index (χ0n) is 11.5. The van der Waals surface area contributed by atoms with Gasteiger partial charge in [0.05, 0.1) is 16.6 Å². The van der Waals surface area contributed by atoms with Gasteiger partial charge in [-0.05, 0) is 20.8 Å². The van der Waals surface area contributed by atoms with Crippen molar-refractivity contribution in [3.8, 4) is 0 Å². The SMILES string of the molecule is CCOC(=O)CN(c1ncc(Cl)cc1[N+](=O)[O-])C(C)C. The third kappa shape index (κ3) is 4.06. The van der Waals surface area contributed by atoms with Crippen molar-refractivity contribution in [2.75, 3.05) is 18.1 Å². The fourth-order valence-corrected chi connectivity index (χ4v) is 1.78. The number of hydrogen-bond donors (Lipinski definition) is 0. The molecule has 1 aromatic heterocycles. The highest BCUT2D eigenvalue weighted by atomic mass is 35.5. The fourth-order valence-electron chi connectivity index (χ4n) is 1.62. The van der Waals surface area contributed by atoms with Crippen molar-refractivity contribution in [1.29, 1.82) is 0 Å². The van der Waals surface area contributed by atoms with Crippen LogP contribution in [0.1, 0.15) is 20.8 Å². The van der Waals surface area contributed by atoms with Crippen molar-refractivity contribution in [2.24, 2.45) is 0 Å². The van der Waals surface area contributed by atoms with Crippen LogP contribution in [0.5, 0.6) is 0 Å². The van der Waals surface area contributed by atoms with Crippen molar-refractivity contribution in [3.63, 3.8) is 0 Å². The van der Waals surface area contributed by atoms with E-state index in [1.54, 1.807) is 20.8 Å². The number of rotatable bonds is 6. The Hall–Kier alpha value is -1.89. The summed E-state index contributed by atoms with van der Waals surface area (Å²) in [6.07, 6.45) is 1.31. The third-order valence-corrected chi connectivity index (χ3v) is 2.72. The van der Waals surface area contributed by atoms with Crippen molar-refractivity contribution >= 4 is 29.1 Å². The van der Waals surface area contributed by atoms with E-state index < -0.39 is 10.9 Å². The van der Waals surface area contributed by atoms with Gasteiger partial charge in [-0.15, -0.1) is 0 Å². The normalized spacial score (nSPS) is 10.4. The molecule has 0 fully saturated rings. The Bertz CT molecular complexity index is 507. The van der Waals surface area contributed by atoms with E-state index >= 15 is 0 Å². The maximum Gasteiger partial charge on any atom is 0.325 e. The number of anilines is 1. The number of carbonyl (C=O) groups is 1. The van der Waals surface area contributed by atoms with Crippen LogP contribution < -0.4 is 4.90 Å². The highest BCUT2D eigenvalue weighted by Crippen LogP contribution is 2.29. The van der Waals surface area contributed by atoms with E-state index in [9.17, 15) is 14.9 Å². The molecule has 1 rings (SSSR count). The fraction of sp³-hybridized carbons (Fsp3) is 0.500. The molecule has 1 aromatic rings. The van der Waals surface area contributed by atoms with Crippen LogP contribution in [-0.2, 0) is 9.53 Å². The molecule has 0 aromatic carbocycles. The van der Waals surface area contributed by atoms with Crippen LogP contribution in [0.15, 0.2) is 12.3 Å². The molecule has 0 spiro atoms. The van der Waals surface area contributed by atoms with E-state index in [1.807, 2.05) is 0 Å². The molecule has 0 radical (unpaired) electrons. The van der Waals surface area contributed by atoms with E-state index in [0.29, 0.717) is 0 Å². The van der Waals surface area contributed by atoms with Crippen molar-refractivity contribution in [2.45, 2.75) is 26.8 Å². The Morgan fingerprint density at radius 1 is 1.60 bits per heavy atom. The topological polar surface area (TPSA) is 85.6 Å². The summed E-state index contributed by atoms with van der Waals surface area (Å²) >= 11 is 5.72. The van der Waals surface area contributed by atoms with E-state index in [-0.39, 0.29) is 35.7 Å². The Balaban J connectivity index is 3.15. The second-order valence-electron chi connectivity index (χ2n) is 4.28. The summed E-state index contributed by atoms with van der Waals surface area (Å²) in [5.74, 6) is -0.366. The number of aromatic nitrogens is 1. The monoisotopic (exact) mass is 301 g/mol. The van der Waals surface area contributed by atoms with E-state index in [4.69, 9.17) is 16.3 Å². The molecular weight excluding hydrogens is 286 g/mol. The number of hydrogen-bond acceptors (Lipinski definition) is 6. The molecule has 0 bridgehead atoms. The molecule has 0 aliphatic rings. The molecule has 20 heavy (non-hydrogen) atoms. The second-order valence-corrected chi connectivity index (χ2v) is 4.72. The molecule has 7 nitrogen and oxygen atoms in total. The van der Waals surface area contributed by atoms with Crippen molar-refractivity contribution in [3.05, 3.63) is 27.4 Å². The Kier molecular flexibility index (Phi) is 5.69. The third-order valence-electron chi connectivity index (χ3n) is 2.51. The summed E-state index contributed by atoms with van der Waals surface area (Å²) in [6, 6.07) is 1.05. The second kappa shape index (κ2) is 7.04. The number of esters is 1. The molecule has 0 aliphatic heterocycles. The van der Waals surface area contributed by atoms with E-state index in [2.05, 4.69) is 4.98 Å². The van der Waals surface area contributed by atoms with Gasteiger partial charge in [-0.3, -0.25) is 14.9 Å². The lowest BCUT2D eigenvalue weighted by atomic mass is 10.2. The highest BCUT2D eigenvalue weighted by Gasteiger charge is 2.25. The Morgan fingerprint density at radius 2 is 2.25 bits per heavy atom. The molecule has 1 heterocycles. The molecule has 0 amide bonds. The summed E-state index contributed by atoms with van der Waals surface area (Å²) < 4.78 is 4.86. The van der Waals surface area contributed by atoms with Crippen LogP contribution in [0.3, 0.4) is 0 Å². The first-order chi connectivity index (χ1) is 9.36. The molecule has 8 heteroatoms. The minimum Gasteiger partial charge on any atom is -0.465 e. The summed E-state index contributed by atoms with van der Waals surface area (Å²) in [4.78, 5) is 27.6. The van der Waals surface area contributed by atoms with Gasteiger partial charge in [-0.25, -0.2) is 4.98 Å². The first kappa shape index (κ1) is 16.2. The van der Waals surface area contributed by atoms with Gasteiger partial charge in [0.1, 0.15) is 6.54 Å².